The second-order valence-electron chi connectivity index (χ2n) is 29.7. The van der Waals surface area contributed by atoms with Gasteiger partial charge in [0.05, 0.1) is 0 Å². The number of nitrogens with zero attached hydrogens (tertiary/aromatic N) is 4. The molecule has 4 nitrogen and oxygen atoms in total. The van der Waals surface area contributed by atoms with Gasteiger partial charge in [-0.1, -0.05) is 0 Å². The van der Waals surface area contributed by atoms with Gasteiger partial charge in [0, 0.05) is 0 Å². The molecule has 18 rings (SSSR count). The van der Waals surface area contributed by atoms with Gasteiger partial charge in [-0.05, 0) is 0 Å². The number of rotatable bonds is 13. The maximum absolute atomic E-state index is 2.71. The summed E-state index contributed by atoms with van der Waals surface area (Å²) >= 11 is -0.252. The standard InChI is InChI=1S/C98H77BN4Se/c1-97(2,3)74-50-45-68(46-51-74)83-43-28-44-84(69-47-52-75(53-48-69)98(4,5)6)95(83)103-90-63-81(100(76-33-18-9-19-34-76)77-35-20-10-21-36-77)54-55-86(90)99-87-56-58-89-93(96(87)104-92-65-82(64-91(103)94(92)99)101(78-37-22-11-23-38-78)79-39-24-12-25-40-79)85-62-70(49-57-88(85)102(89)80-41-26-13-27-42-80)73-60-71(66-29-14-7-15-30-66)59-72(61-73)67-31-16-8-17-32-67/h7-65H,1-6H3. The molecule has 1 aromatic heterocycles. The Labute approximate surface area is 617 Å². The fraction of sp³-hybridized carbons (Fsp3) is 0.0816. The Morgan fingerprint density at radius 2 is 0.731 bits per heavy atom. The van der Waals surface area contributed by atoms with E-state index in [1.165, 1.54) is 91.6 Å². The molecule has 0 atom stereocenters. The Balaban J connectivity index is 0.961. The maximum atomic E-state index is 2.71. The topological polar surface area (TPSA) is 14.7 Å². The van der Waals surface area contributed by atoms with Crippen LogP contribution >= 0.6 is 0 Å². The van der Waals surface area contributed by atoms with E-state index in [0.717, 1.165) is 79.1 Å². The molecule has 0 unspecified atom stereocenters. The molecule has 498 valence electrons. The van der Waals surface area contributed by atoms with E-state index in [-0.39, 0.29) is 32.5 Å². The van der Waals surface area contributed by atoms with Crippen LogP contribution in [0.25, 0.3) is 83.1 Å². The molecule has 0 saturated carbocycles. The van der Waals surface area contributed by atoms with Crippen molar-refractivity contribution in [3.8, 4) is 61.3 Å². The van der Waals surface area contributed by atoms with E-state index in [2.05, 4.69) is 419 Å². The van der Waals surface area contributed by atoms with Crippen LogP contribution in [0.1, 0.15) is 52.7 Å². The first-order valence-corrected chi connectivity index (χ1v) is 38.0. The molecule has 0 amide bonds. The number of fused-ring (bicyclic) bond motifs is 8. The van der Waals surface area contributed by atoms with Gasteiger partial charge in [0.15, 0.2) is 0 Å². The third-order valence-electron chi connectivity index (χ3n) is 21.1. The fourth-order valence-electron chi connectivity index (χ4n) is 16.0. The molecule has 6 heteroatoms. The zero-order valence-electron chi connectivity index (χ0n) is 59.3. The van der Waals surface area contributed by atoms with Crippen molar-refractivity contribution in [3.63, 3.8) is 0 Å². The van der Waals surface area contributed by atoms with E-state index in [1.54, 1.807) is 0 Å². The molecular formula is C98H77BN4Se. The molecule has 3 heterocycles. The number of hydrogen-bond acceptors (Lipinski definition) is 3. The monoisotopic (exact) mass is 1400 g/mol. The van der Waals surface area contributed by atoms with Crippen LogP contribution in [0.4, 0.5) is 51.2 Å². The number of hydrogen-bond donors (Lipinski definition) is 0. The quantitative estimate of drug-likeness (QED) is 0.107. The summed E-state index contributed by atoms with van der Waals surface area (Å²) in [7, 11) is 0. The van der Waals surface area contributed by atoms with Gasteiger partial charge in [0.2, 0.25) is 0 Å². The predicted molar refractivity (Wildman–Crippen MR) is 446 cm³/mol. The molecular weight excluding hydrogens is 1320 g/mol. The summed E-state index contributed by atoms with van der Waals surface area (Å²) in [4.78, 5) is 7.63. The SMILES string of the molecule is CC(C)(C)c1ccc(-c2cccc(-c3ccc(C(C)(C)C)cc3)c2N2c3cc(N(c4ccccc4)c4ccccc4)ccc3B3c4ccc5c(c4[Se]c4cc(N(c6ccccc6)c6ccccc6)cc2c43)c2cc(-c3cc(-c4ccccc4)cc(-c4ccccc4)c3)ccc2n5-c2ccccc2)cc1. The minimum atomic E-state index is -0.252. The molecule has 2 aliphatic rings. The molecule has 0 fully saturated rings. The minimum absolute atomic E-state index is 0.0368. The zero-order chi connectivity index (χ0) is 70.2. The van der Waals surface area contributed by atoms with Crippen molar-refractivity contribution in [3.05, 3.63) is 369 Å². The van der Waals surface area contributed by atoms with Gasteiger partial charge in [-0.25, -0.2) is 0 Å². The van der Waals surface area contributed by atoms with Crippen LogP contribution in [0.2, 0.25) is 0 Å². The van der Waals surface area contributed by atoms with Crippen molar-refractivity contribution in [1.29, 1.82) is 0 Å². The van der Waals surface area contributed by atoms with Gasteiger partial charge >= 0.3 is 622 Å². The third-order valence-corrected chi connectivity index (χ3v) is 23.6. The molecule has 0 N–H and O–H groups in total. The van der Waals surface area contributed by atoms with Gasteiger partial charge in [0.1, 0.15) is 0 Å². The van der Waals surface area contributed by atoms with Gasteiger partial charge in [0.25, 0.3) is 0 Å². The van der Waals surface area contributed by atoms with Gasteiger partial charge < -0.3 is 0 Å². The van der Waals surface area contributed by atoms with Crippen LogP contribution in [0.5, 0.6) is 0 Å². The van der Waals surface area contributed by atoms with Gasteiger partial charge in [-0.15, -0.1) is 0 Å². The number of anilines is 9. The normalized spacial score (nSPS) is 12.4. The van der Waals surface area contributed by atoms with Crippen molar-refractivity contribution in [1.82, 2.24) is 4.57 Å². The van der Waals surface area contributed by atoms with Crippen LogP contribution in [0.15, 0.2) is 358 Å². The summed E-state index contributed by atoms with van der Waals surface area (Å²) in [5, 5.41) is 2.54. The Bertz CT molecular complexity index is 5660. The molecule has 15 aromatic carbocycles. The van der Waals surface area contributed by atoms with Crippen LogP contribution in [0, 0.1) is 0 Å². The Morgan fingerprint density at radius 3 is 1.22 bits per heavy atom. The van der Waals surface area contributed by atoms with Gasteiger partial charge in [-0.2, -0.15) is 0 Å². The summed E-state index contributed by atoms with van der Waals surface area (Å²) in [6, 6.07) is 134. The summed E-state index contributed by atoms with van der Waals surface area (Å²) in [6.45, 7) is 13.7. The van der Waals surface area contributed by atoms with Crippen LogP contribution in [-0.2, 0) is 10.8 Å². The van der Waals surface area contributed by atoms with Crippen molar-refractivity contribution in [2.24, 2.45) is 0 Å². The van der Waals surface area contributed by atoms with Crippen LogP contribution in [0.3, 0.4) is 0 Å². The van der Waals surface area contributed by atoms with Crippen molar-refractivity contribution >= 4 is 120 Å². The van der Waals surface area contributed by atoms with E-state index in [4.69, 9.17) is 0 Å². The molecule has 0 radical (unpaired) electrons. The Hall–Kier alpha value is -11.9. The number of benzene rings is 15. The summed E-state index contributed by atoms with van der Waals surface area (Å²) in [5.41, 5.74) is 31.6. The van der Waals surface area contributed by atoms with E-state index in [0.29, 0.717) is 0 Å². The zero-order valence-corrected chi connectivity index (χ0v) is 61.1. The molecule has 0 aliphatic carbocycles. The molecule has 16 aromatic rings. The van der Waals surface area contributed by atoms with Crippen molar-refractivity contribution in [2.45, 2.75) is 52.4 Å². The molecule has 0 saturated heterocycles. The number of aromatic nitrogens is 1. The van der Waals surface area contributed by atoms with Crippen molar-refractivity contribution < 1.29 is 0 Å². The van der Waals surface area contributed by atoms with Crippen LogP contribution < -0.4 is 40.0 Å². The first kappa shape index (κ1) is 64.2. The molecule has 104 heavy (non-hydrogen) atoms. The van der Waals surface area contributed by atoms with Crippen molar-refractivity contribution in [2.75, 3.05) is 14.7 Å². The van der Waals surface area contributed by atoms with Gasteiger partial charge in [-0.3, -0.25) is 0 Å². The average Bonchev–Trinajstić information content (AvgIpc) is 1.11. The second kappa shape index (κ2) is 26.2. The Kier molecular flexibility index (Phi) is 16.2. The van der Waals surface area contributed by atoms with E-state index in [1.807, 2.05) is 0 Å². The third kappa shape index (κ3) is 11.5. The van der Waals surface area contributed by atoms with E-state index >= 15 is 0 Å². The van der Waals surface area contributed by atoms with E-state index < -0.39 is 0 Å². The average molecular weight is 1400 g/mol. The number of para-hydroxylation sites is 6. The summed E-state index contributed by atoms with van der Waals surface area (Å²) in [5.74, 6) is 0. The Morgan fingerprint density at radius 1 is 0.308 bits per heavy atom. The first-order chi connectivity index (χ1) is 50.9. The predicted octanol–water partition coefficient (Wildman–Crippen LogP) is 22.9. The molecule has 0 spiro atoms. The van der Waals surface area contributed by atoms with Crippen LogP contribution in [-0.4, -0.2) is 26.2 Å². The summed E-state index contributed by atoms with van der Waals surface area (Å²) in [6.07, 6.45) is 0. The fourth-order valence-corrected chi connectivity index (χ4v) is 18.8. The second-order valence-corrected chi connectivity index (χ2v) is 31.9. The summed E-state index contributed by atoms with van der Waals surface area (Å²) < 4.78 is 5.28. The first-order valence-electron chi connectivity index (χ1n) is 36.2. The molecule has 2 aliphatic heterocycles. The molecule has 0 bridgehead atoms. The van der Waals surface area contributed by atoms with E-state index in [9.17, 15) is 0 Å².